The van der Waals surface area contributed by atoms with Crippen molar-refractivity contribution in [3.63, 3.8) is 0 Å². The first-order valence-electron chi connectivity index (χ1n) is 9.25. The van der Waals surface area contributed by atoms with Crippen molar-refractivity contribution in [3.8, 4) is 0 Å². The number of halogens is 2. The van der Waals surface area contributed by atoms with Crippen LogP contribution < -0.4 is 10.5 Å². The molecule has 11 heteroatoms. The number of rotatable bonds is 5. The third kappa shape index (κ3) is 4.89. The Morgan fingerprint density at radius 3 is 2.35 bits per heavy atom. The number of primary amides is 1. The van der Waals surface area contributed by atoms with Gasteiger partial charge in [-0.3, -0.25) is 9.52 Å². The quantitative estimate of drug-likeness (QED) is 0.587. The van der Waals surface area contributed by atoms with E-state index in [0.29, 0.717) is 34.0 Å². The Balaban J connectivity index is 2.25. The average Bonchev–Trinajstić information content (AvgIpc) is 2.66. The highest BCUT2D eigenvalue weighted by Gasteiger charge is 2.34. The van der Waals surface area contributed by atoms with Crippen molar-refractivity contribution in [1.82, 2.24) is 4.90 Å². The van der Waals surface area contributed by atoms with Crippen LogP contribution in [0.2, 0.25) is 10.0 Å². The standard InChI is InChI=1S/C20H21Cl2N3O5S/c1-25(20(27)28)18-6-4-11(10-3-5-15(21)16(22)7-10)12-8-14(19(23)26)17(9-13(12)18)24-31(2,29)30/h3,5,7-9,11,18,24H,4,6H2,1-2H3,(H2,23,26)(H,27,28)/t11-,18-/m0/s1. The number of benzene rings is 2. The van der Waals surface area contributed by atoms with Crippen molar-refractivity contribution >= 4 is 50.9 Å². The summed E-state index contributed by atoms with van der Waals surface area (Å²) >= 11 is 12.2. The van der Waals surface area contributed by atoms with Gasteiger partial charge in [0.2, 0.25) is 10.0 Å². The van der Waals surface area contributed by atoms with Gasteiger partial charge in [0, 0.05) is 13.0 Å². The minimum absolute atomic E-state index is 0.00661. The van der Waals surface area contributed by atoms with E-state index >= 15 is 0 Å². The molecular weight excluding hydrogens is 465 g/mol. The number of carbonyl (C=O) groups is 2. The Morgan fingerprint density at radius 2 is 1.81 bits per heavy atom. The molecule has 0 aliphatic heterocycles. The summed E-state index contributed by atoms with van der Waals surface area (Å²) in [6.45, 7) is 0. The zero-order valence-corrected chi connectivity index (χ0v) is 19.1. The van der Waals surface area contributed by atoms with Gasteiger partial charge >= 0.3 is 6.09 Å². The van der Waals surface area contributed by atoms with E-state index in [-0.39, 0.29) is 17.2 Å². The molecule has 0 saturated heterocycles. The van der Waals surface area contributed by atoms with Crippen molar-refractivity contribution in [1.29, 1.82) is 0 Å². The molecular formula is C20H21Cl2N3O5S. The highest BCUT2D eigenvalue weighted by atomic mass is 35.5. The smallest absolute Gasteiger partial charge is 0.407 e. The van der Waals surface area contributed by atoms with E-state index in [1.807, 2.05) is 6.07 Å². The fourth-order valence-corrected chi connectivity index (χ4v) is 4.83. The van der Waals surface area contributed by atoms with Crippen molar-refractivity contribution in [2.75, 3.05) is 18.0 Å². The minimum atomic E-state index is -3.71. The van der Waals surface area contributed by atoms with Crippen LogP contribution in [0.25, 0.3) is 0 Å². The molecule has 0 radical (unpaired) electrons. The summed E-state index contributed by atoms with van der Waals surface area (Å²) < 4.78 is 26.0. The first kappa shape index (κ1) is 23.2. The summed E-state index contributed by atoms with van der Waals surface area (Å²) in [5.74, 6) is -1.02. The lowest BCUT2D eigenvalue weighted by Gasteiger charge is -2.36. The number of carbonyl (C=O) groups excluding carboxylic acids is 1. The number of nitrogens with one attached hydrogen (secondary N) is 1. The molecule has 1 aliphatic carbocycles. The summed E-state index contributed by atoms with van der Waals surface area (Å²) in [6, 6.07) is 7.70. The molecule has 0 saturated carbocycles. The number of nitrogens with two attached hydrogens (primary N) is 1. The Bertz CT molecular complexity index is 1170. The van der Waals surface area contributed by atoms with Crippen molar-refractivity contribution in [2.24, 2.45) is 5.73 Å². The van der Waals surface area contributed by atoms with Crippen LogP contribution in [-0.2, 0) is 10.0 Å². The van der Waals surface area contributed by atoms with Crippen LogP contribution >= 0.6 is 23.2 Å². The number of hydrogen-bond acceptors (Lipinski definition) is 4. The van der Waals surface area contributed by atoms with E-state index in [1.165, 1.54) is 19.2 Å². The summed E-state index contributed by atoms with van der Waals surface area (Å²) in [6.07, 6.45) is 0.885. The van der Waals surface area contributed by atoms with Gasteiger partial charge in [0.25, 0.3) is 5.91 Å². The molecule has 2 aromatic carbocycles. The zero-order chi connectivity index (χ0) is 23.1. The Hall–Kier alpha value is -2.49. The molecule has 0 spiro atoms. The van der Waals surface area contributed by atoms with Crippen LogP contribution in [0.4, 0.5) is 10.5 Å². The summed E-state index contributed by atoms with van der Waals surface area (Å²) in [7, 11) is -2.26. The number of fused-ring (bicyclic) bond motifs is 1. The second-order valence-corrected chi connectivity index (χ2v) is 10.0. The topological polar surface area (TPSA) is 130 Å². The van der Waals surface area contributed by atoms with Crippen LogP contribution in [0.5, 0.6) is 0 Å². The normalized spacial score (nSPS) is 18.2. The van der Waals surface area contributed by atoms with E-state index in [9.17, 15) is 23.1 Å². The molecule has 1 aliphatic rings. The Labute approximate surface area is 190 Å². The summed E-state index contributed by atoms with van der Waals surface area (Å²) in [5, 5.41) is 10.3. The largest absolute Gasteiger partial charge is 0.465 e. The SMILES string of the molecule is CN(C(=O)O)[C@H]1CC[C@@H](c2ccc(Cl)c(Cl)c2)c2cc(C(N)=O)c(NS(C)(=O)=O)cc21. The maximum Gasteiger partial charge on any atom is 0.407 e. The van der Waals surface area contributed by atoms with Gasteiger partial charge in [0.15, 0.2) is 0 Å². The number of sulfonamides is 1. The monoisotopic (exact) mass is 485 g/mol. The van der Waals surface area contributed by atoms with Crippen molar-refractivity contribution in [3.05, 3.63) is 62.6 Å². The van der Waals surface area contributed by atoms with Gasteiger partial charge in [0.05, 0.1) is 33.6 Å². The van der Waals surface area contributed by atoms with Crippen LogP contribution in [0.1, 0.15) is 51.8 Å². The first-order chi connectivity index (χ1) is 14.4. The van der Waals surface area contributed by atoms with E-state index in [2.05, 4.69) is 4.72 Å². The van der Waals surface area contributed by atoms with Crippen LogP contribution in [0.3, 0.4) is 0 Å². The molecule has 2 atom stereocenters. The van der Waals surface area contributed by atoms with Crippen LogP contribution in [-0.4, -0.2) is 43.7 Å². The molecule has 8 nitrogen and oxygen atoms in total. The fourth-order valence-electron chi connectivity index (χ4n) is 3.96. The third-order valence-corrected chi connectivity index (χ3v) is 6.69. The number of nitrogens with zero attached hydrogens (tertiary/aromatic N) is 1. The number of amides is 2. The van der Waals surface area contributed by atoms with Crippen LogP contribution in [0, 0.1) is 0 Å². The lowest BCUT2D eigenvalue weighted by Crippen LogP contribution is -2.33. The summed E-state index contributed by atoms with van der Waals surface area (Å²) in [4.78, 5) is 24.9. The zero-order valence-electron chi connectivity index (χ0n) is 16.7. The van der Waals surface area contributed by atoms with E-state index in [1.54, 1.807) is 12.1 Å². The maximum absolute atomic E-state index is 12.1. The first-order valence-corrected chi connectivity index (χ1v) is 11.9. The fraction of sp³-hybridized carbons (Fsp3) is 0.300. The molecule has 31 heavy (non-hydrogen) atoms. The van der Waals surface area contributed by atoms with Crippen LogP contribution in [0.15, 0.2) is 30.3 Å². The highest BCUT2D eigenvalue weighted by Crippen LogP contribution is 2.46. The molecule has 166 valence electrons. The van der Waals surface area contributed by atoms with Crippen molar-refractivity contribution < 1.29 is 23.1 Å². The summed E-state index contributed by atoms with van der Waals surface area (Å²) in [5.41, 5.74) is 7.62. The minimum Gasteiger partial charge on any atom is -0.465 e. The predicted molar refractivity (Wildman–Crippen MR) is 119 cm³/mol. The molecule has 2 amide bonds. The lowest BCUT2D eigenvalue weighted by atomic mass is 9.75. The number of hydrogen-bond donors (Lipinski definition) is 3. The lowest BCUT2D eigenvalue weighted by molar-refractivity contribution is 0.1000. The average molecular weight is 486 g/mol. The second kappa shape index (κ2) is 8.57. The van der Waals surface area contributed by atoms with E-state index in [4.69, 9.17) is 28.9 Å². The number of carboxylic acid groups (broad SMARTS) is 1. The van der Waals surface area contributed by atoms with Gasteiger partial charge < -0.3 is 15.7 Å². The molecule has 0 heterocycles. The second-order valence-electron chi connectivity index (χ2n) is 7.48. The molecule has 0 unspecified atom stereocenters. The molecule has 3 rings (SSSR count). The molecule has 0 bridgehead atoms. The van der Waals surface area contributed by atoms with Gasteiger partial charge in [-0.15, -0.1) is 0 Å². The maximum atomic E-state index is 12.1. The molecule has 0 fully saturated rings. The molecule has 2 aromatic rings. The Morgan fingerprint density at radius 1 is 1.13 bits per heavy atom. The predicted octanol–water partition coefficient (Wildman–Crippen LogP) is 4.04. The van der Waals surface area contributed by atoms with E-state index in [0.717, 1.165) is 16.7 Å². The third-order valence-electron chi connectivity index (χ3n) is 5.36. The van der Waals surface area contributed by atoms with Gasteiger partial charge in [-0.25, -0.2) is 13.2 Å². The van der Waals surface area contributed by atoms with Crippen molar-refractivity contribution in [2.45, 2.75) is 24.8 Å². The van der Waals surface area contributed by atoms with Gasteiger partial charge in [-0.1, -0.05) is 29.3 Å². The molecule has 0 aromatic heterocycles. The van der Waals surface area contributed by atoms with E-state index < -0.39 is 28.1 Å². The highest BCUT2D eigenvalue weighted by molar-refractivity contribution is 7.92. The molecule has 4 N–H and O–H groups in total. The van der Waals surface area contributed by atoms with Gasteiger partial charge in [-0.05, 0) is 53.8 Å². The van der Waals surface area contributed by atoms with Gasteiger partial charge in [-0.2, -0.15) is 0 Å². The Kier molecular flexibility index (Phi) is 6.40. The van der Waals surface area contributed by atoms with Gasteiger partial charge in [0.1, 0.15) is 0 Å². The number of anilines is 1.